The number of unbranched alkanes of at least 4 members (excludes halogenated alkanes) is 1. The van der Waals surface area contributed by atoms with Crippen molar-refractivity contribution in [2.24, 2.45) is 4.40 Å². The molecule has 0 saturated carbocycles. The van der Waals surface area contributed by atoms with Gasteiger partial charge in [0.05, 0.1) is 5.69 Å². The predicted molar refractivity (Wildman–Crippen MR) is 104 cm³/mol. The molecule has 0 bridgehead atoms. The van der Waals surface area contributed by atoms with Crippen LogP contribution in [0.25, 0.3) is 0 Å². The average Bonchev–Trinajstić information content (AvgIpc) is 2.98. The second kappa shape index (κ2) is 8.87. The molecule has 2 aromatic rings. The number of thiophene rings is 1. The summed E-state index contributed by atoms with van der Waals surface area (Å²) in [5, 5.41) is 3.77. The minimum atomic E-state index is -3.75. The minimum Gasteiger partial charge on any atom is -0.444 e. The minimum absolute atomic E-state index is 0.149. The fourth-order valence-corrected chi connectivity index (χ4v) is 4.08. The lowest BCUT2D eigenvalue weighted by molar-refractivity contribution is 0.498. The predicted octanol–water partition coefficient (Wildman–Crippen LogP) is 4.03. The average molecular weight is 382 g/mol. The first-order chi connectivity index (χ1) is 11.9. The lowest BCUT2D eigenvalue weighted by Crippen LogP contribution is -2.09. The summed E-state index contributed by atoms with van der Waals surface area (Å²) in [6.07, 6.45) is 3.31. The Morgan fingerprint density at radius 3 is 2.64 bits per heavy atom. The van der Waals surface area contributed by atoms with Crippen molar-refractivity contribution in [1.82, 2.24) is 4.90 Å². The number of nitrogens with zero attached hydrogens (tertiary/aromatic N) is 2. The van der Waals surface area contributed by atoms with Crippen molar-refractivity contribution in [1.29, 1.82) is 0 Å². The molecule has 0 radical (unpaired) electrons. The molecule has 0 aliphatic heterocycles. The van der Waals surface area contributed by atoms with Gasteiger partial charge in [0.25, 0.3) is 10.0 Å². The Kier molecular flexibility index (Phi) is 6.83. The third-order valence-corrected chi connectivity index (χ3v) is 5.83. The molecule has 2 rings (SSSR count). The summed E-state index contributed by atoms with van der Waals surface area (Å²) in [5.74, 6) is 0.656. The Labute approximate surface area is 153 Å². The van der Waals surface area contributed by atoms with Crippen molar-refractivity contribution < 1.29 is 13.2 Å². The van der Waals surface area contributed by atoms with Gasteiger partial charge in [-0.05, 0) is 24.6 Å². The highest BCUT2D eigenvalue weighted by atomic mass is 32.2. The molecule has 0 aliphatic rings. The second-order valence-electron chi connectivity index (χ2n) is 5.62. The van der Waals surface area contributed by atoms with Crippen molar-refractivity contribution >= 4 is 33.4 Å². The number of hydrogen-bond donors (Lipinski definition) is 1. The van der Waals surface area contributed by atoms with Crippen LogP contribution in [0.3, 0.4) is 0 Å². The van der Waals surface area contributed by atoms with E-state index in [1.807, 2.05) is 30.3 Å². The normalized spacial score (nSPS) is 11.6. The molecule has 6 nitrogen and oxygen atoms in total. The lowest BCUT2D eigenvalue weighted by Gasteiger charge is -2.07. The van der Waals surface area contributed by atoms with E-state index in [-0.39, 0.29) is 4.21 Å². The van der Waals surface area contributed by atoms with Gasteiger partial charge in [-0.2, -0.15) is 8.42 Å². The number of anilines is 1. The van der Waals surface area contributed by atoms with E-state index in [0.717, 1.165) is 30.7 Å². The number of hydrogen-bond acceptors (Lipinski definition) is 5. The van der Waals surface area contributed by atoms with Gasteiger partial charge in [-0.1, -0.05) is 42.9 Å². The number of sulfonamides is 1. The first kappa shape index (κ1) is 19.3. The third-order valence-electron chi connectivity index (χ3n) is 3.15. The largest absolute Gasteiger partial charge is 0.444 e. The smallest absolute Gasteiger partial charge is 0.293 e. The maximum atomic E-state index is 12.4. The molecule has 0 unspecified atom stereocenters. The summed E-state index contributed by atoms with van der Waals surface area (Å²) >= 11 is 1.07. The van der Waals surface area contributed by atoms with Crippen LogP contribution in [0.1, 0.15) is 19.8 Å². The standard InChI is InChI=1S/C17H23N3O3S2/c1-4-5-11-18-15-12-16(25(21,22)19-13-20(2)3)24-17(15)23-14-9-7-6-8-10-14/h6-10,12-13,18H,4-5,11H2,1-3H3. The molecule has 1 N–H and O–H groups in total. The third kappa shape index (κ3) is 5.75. The summed E-state index contributed by atoms with van der Waals surface area (Å²) < 4.78 is 34.5. The highest BCUT2D eigenvalue weighted by molar-refractivity contribution is 7.92. The van der Waals surface area contributed by atoms with E-state index in [4.69, 9.17) is 4.74 Å². The van der Waals surface area contributed by atoms with E-state index in [1.54, 1.807) is 25.1 Å². The fourth-order valence-electron chi connectivity index (χ4n) is 1.88. The number of rotatable bonds is 9. The van der Waals surface area contributed by atoms with Crippen LogP contribution in [0.15, 0.2) is 45.0 Å². The Hall–Kier alpha value is -2.06. The molecule has 0 atom stereocenters. The molecule has 0 amide bonds. The maximum Gasteiger partial charge on any atom is 0.293 e. The van der Waals surface area contributed by atoms with Gasteiger partial charge >= 0.3 is 0 Å². The van der Waals surface area contributed by atoms with Gasteiger partial charge in [-0.15, -0.1) is 4.40 Å². The van der Waals surface area contributed by atoms with Crippen LogP contribution in [0.2, 0.25) is 0 Å². The molecule has 1 aromatic heterocycles. The molecular formula is C17H23N3O3S2. The Morgan fingerprint density at radius 2 is 2.00 bits per heavy atom. The van der Waals surface area contributed by atoms with Crippen molar-refractivity contribution in [3.63, 3.8) is 0 Å². The highest BCUT2D eigenvalue weighted by Crippen LogP contribution is 2.41. The summed E-state index contributed by atoms with van der Waals surface area (Å²) in [7, 11) is -0.319. The van der Waals surface area contributed by atoms with Crippen LogP contribution in [-0.2, 0) is 10.0 Å². The van der Waals surface area contributed by atoms with Gasteiger partial charge in [0.15, 0.2) is 0 Å². The van der Waals surface area contributed by atoms with Crippen LogP contribution < -0.4 is 10.1 Å². The van der Waals surface area contributed by atoms with Crippen LogP contribution in [-0.4, -0.2) is 40.3 Å². The first-order valence-corrected chi connectivity index (χ1v) is 10.3. The summed E-state index contributed by atoms with van der Waals surface area (Å²) in [4.78, 5) is 1.58. The summed E-state index contributed by atoms with van der Waals surface area (Å²) in [6, 6.07) is 10.9. The molecule has 8 heteroatoms. The fraction of sp³-hybridized carbons (Fsp3) is 0.353. The molecule has 0 saturated heterocycles. The Morgan fingerprint density at radius 1 is 1.28 bits per heavy atom. The van der Waals surface area contributed by atoms with E-state index in [2.05, 4.69) is 16.6 Å². The number of ether oxygens (including phenoxy) is 1. The van der Waals surface area contributed by atoms with Gasteiger partial charge in [-0.25, -0.2) is 0 Å². The van der Waals surface area contributed by atoms with Crippen LogP contribution in [0.4, 0.5) is 5.69 Å². The van der Waals surface area contributed by atoms with Crippen LogP contribution >= 0.6 is 11.3 Å². The summed E-state index contributed by atoms with van der Waals surface area (Å²) in [5.41, 5.74) is 0.668. The van der Waals surface area contributed by atoms with E-state index in [1.165, 1.54) is 6.34 Å². The van der Waals surface area contributed by atoms with E-state index < -0.39 is 10.0 Å². The topological polar surface area (TPSA) is 71.0 Å². The molecular weight excluding hydrogens is 358 g/mol. The monoisotopic (exact) mass is 381 g/mol. The lowest BCUT2D eigenvalue weighted by atomic mass is 10.3. The first-order valence-electron chi connectivity index (χ1n) is 8.00. The zero-order valence-corrected chi connectivity index (χ0v) is 16.2. The van der Waals surface area contributed by atoms with Gasteiger partial charge in [-0.3, -0.25) is 0 Å². The van der Waals surface area contributed by atoms with Crippen molar-refractivity contribution in [2.45, 2.75) is 24.0 Å². The molecule has 0 aliphatic carbocycles. The van der Waals surface area contributed by atoms with E-state index >= 15 is 0 Å². The molecule has 25 heavy (non-hydrogen) atoms. The number of benzene rings is 1. The molecule has 0 spiro atoms. The van der Waals surface area contributed by atoms with Gasteiger partial charge in [0.1, 0.15) is 16.3 Å². The van der Waals surface area contributed by atoms with Crippen molar-refractivity contribution in [3.05, 3.63) is 36.4 Å². The SMILES string of the molecule is CCCCNc1cc(S(=O)(=O)N=CN(C)C)sc1Oc1ccccc1. The highest BCUT2D eigenvalue weighted by Gasteiger charge is 2.21. The van der Waals surface area contributed by atoms with Gasteiger partial charge < -0.3 is 15.0 Å². The Bertz CT molecular complexity index is 800. The zero-order valence-electron chi connectivity index (χ0n) is 14.6. The van der Waals surface area contributed by atoms with E-state index in [9.17, 15) is 8.42 Å². The second-order valence-corrected chi connectivity index (χ2v) is 8.50. The quantitative estimate of drug-likeness (QED) is 0.403. The molecule has 0 fully saturated rings. The summed E-state index contributed by atoms with van der Waals surface area (Å²) in [6.45, 7) is 2.85. The number of nitrogens with one attached hydrogen (secondary N) is 1. The Balaban J connectivity index is 2.31. The maximum absolute atomic E-state index is 12.4. The zero-order chi connectivity index (χ0) is 18.3. The molecule has 1 aromatic carbocycles. The molecule has 1 heterocycles. The number of para-hydroxylation sites is 1. The van der Waals surface area contributed by atoms with Crippen molar-refractivity contribution in [3.8, 4) is 10.8 Å². The van der Waals surface area contributed by atoms with E-state index in [0.29, 0.717) is 16.5 Å². The van der Waals surface area contributed by atoms with Crippen LogP contribution in [0, 0.1) is 0 Å². The van der Waals surface area contributed by atoms with Crippen LogP contribution in [0.5, 0.6) is 10.8 Å². The molecule has 136 valence electrons. The van der Waals surface area contributed by atoms with Crippen molar-refractivity contribution in [2.75, 3.05) is 26.0 Å². The van der Waals surface area contributed by atoms with Gasteiger partial charge in [0, 0.05) is 20.6 Å². The van der Waals surface area contributed by atoms with Gasteiger partial charge in [0.2, 0.25) is 5.06 Å².